The summed E-state index contributed by atoms with van der Waals surface area (Å²) in [5, 5.41) is 33.0. The summed E-state index contributed by atoms with van der Waals surface area (Å²) in [4.78, 5) is 48.3. The third kappa shape index (κ3) is 4.94. The Bertz CT molecular complexity index is 921. The number of carboxylic acids is 2. The van der Waals surface area contributed by atoms with Crippen LogP contribution in [-0.4, -0.2) is 40.5 Å². The molecule has 0 amide bonds. The number of aliphatic hydroxyl groups excluding tert-OH is 1. The second-order valence-corrected chi connectivity index (χ2v) is 6.20. The van der Waals surface area contributed by atoms with Crippen LogP contribution in [0.5, 0.6) is 0 Å². The van der Waals surface area contributed by atoms with Gasteiger partial charge in [-0.1, -0.05) is 47.5 Å². The van der Waals surface area contributed by atoms with E-state index in [0.717, 1.165) is 11.1 Å². The molecule has 2 aromatic rings. The zero-order chi connectivity index (χ0) is 21.1. The molecule has 29 heavy (non-hydrogen) atoms. The topological polar surface area (TPSA) is 144 Å². The molecule has 0 aromatic heterocycles. The summed E-state index contributed by atoms with van der Waals surface area (Å²) in [6.07, 6.45) is -3.00. The minimum Gasteiger partial charge on any atom is -0.547 e. The average molecular weight is 450 g/mol. The molecule has 0 aliphatic heterocycles. The van der Waals surface area contributed by atoms with Crippen LogP contribution in [0.1, 0.15) is 31.8 Å². The van der Waals surface area contributed by atoms with E-state index in [-0.39, 0.29) is 30.6 Å². The number of Topliss-reactive ketones (excluding diaryl/α,β-unsaturated/α-hetero) is 1. The van der Waals surface area contributed by atoms with E-state index in [1.165, 1.54) is 48.5 Å². The number of hydrogen-bond acceptors (Lipinski definition) is 8. The standard InChI is InChI=1S/C20H18O8.Zn/c1-11-3-7-13(8-4-11)15(21)20(19(26)27,16(22)17(23)24)28-18(25)14-9-5-12(2)6-10-14;/h3-10,16,22H,1-2H3,(H,23,24)(H,26,27);/q;+2/p-2. The molecule has 0 fully saturated rings. The van der Waals surface area contributed by atoms with E-state index in [4.69, 9.17) is 4.74 Å². The molecule has 9 heteroatoms. The fraction of sp³-hybridized carbons (Fsp3) is 0.200. The predicted molar refractivity (Wildman–Crippen MR) is 90.9 cm³/mol. The normalized spacial score (nSPS) is 13.3. The van der Waals surface area contributed by atoms with Gasteiger partial charge in [0.1, 0.15) is 6.10 Å². The number of esters is 1. The fourth-order valence-corrected chi connectivity index (χ4v) is 2.45. The number of aliphatic hydroxyl groups is 1. The van der Waals surface area contributed by atoms with Gasteiger partial charge in [0, 0.05) is 5.56 Å². The molecule has 0 radical (unpaired) electrons. The Morgan fingerprint density at radius 3 is 1.66 bits per heavy atom. The Morgan fingerprint density at radius 2 is 1.28 bits per heavy atom. The van der Waals surface area contributed by atoms with Crippen LogP contribution in [-0.2, 0) is 33.8 Å². The van der Waals surface area contributed by atoms with Crippen molar-refractivity contribution >= 4 is 23.7 Å². The second kappa shape index (κ2) is 9.54. The zero-order valence-electron chi connectivity index (χ0n) is 15.7. The molecule has 2 aromatic carbocycles. The number of rotatable bonds is 7. The number of carbonyl (C=O) groups is 4. The zero-order valence-corrected chi connectivity index (χ0v) is 18.7. The van der Waals surface area contributed by atoms with Gasteiger partial charge >= 0.3 is 25.4 Å². The molecule has 1 N–H and O–H groups in total. The predicted octanol–water partition coefficient (Wildman–Crippen LogP) is -1.06. The number of aryl methyl sites for hydroxylation is 2. The van der Waals surface area contributed by atoms with E-state index in [9.17, 15) is 34.5 Å². The Balaban J connectivity index is 0.00000420. The van der Waals surface area contributed by atoms with Crippen LogP contribution in [0.2, 0.25) is 0 Å². The molecule has 0 saturated carbocycles. The Kier molecular flexibility index (Phi) is 7.94. The number of ketones is 1. The number of carboxylic acid groups (broad SMARTS) is 2. The van der Waals surface area contributed by atoms with Gasteiger partial charge in [-0.05, 0) is 26.0 Å². The molecule has 2 rings (SSSR count). The molecule has 0 aliphatic carbocycles. The van der Waals surface area contributed by atoms with Crippen molar-refractivity contribution in [1.29, 1.82) is 0 Å². The van der Waals surface area contributed by atoms with Crippen LogP contribution in [0.15, 0.2) is 48.5 Å². The van der Waals surface area contributed by atoms with E-state index in [2.05, 4.69) is 0 Å². The average Bonchev–Trinajstić information content (AvgIpc) is 2.65. The summed E-state index contributed by atoms with van der Waals surface area (Å²) in [5.74, 6) is -7.51. The minimum atomic E-state index is -3.53. The summed E-state index contributed by atoms with van der Waals surface area (Å²) < 4.78 is 4.77. The van der Waals surface area contributed by atoms with E-state index in [1.807, 2.05) is 0 Å². The van der Waals surface area contributed by atoms with Crippen LogP contribution in [0.4, 0.5) is 0 Å². The number of ether oxygens (including phenoxy) is 1. The fourth-order valence-electron chi connectivity index (χ4n) is 2.45. The third-order valence-corrected chi connectivity index (χ3v) is 4.10. The smallest absolute Gasteiger partial charge is 0.547 e. The van der Waals surface area contributed by atoms with Crippen molar-refractivity contribution in [2.75, 3.05) is 0 Å². The first-order valence-corrected chi connectivity index (χ1v) is 8.11. The number of carbonyl (C=O) groups excluding carboxylic acids is 4. The SMILES string of the molecule is Cc1ccc(C(=O)OC(C(=O)[O-])(C(=O)c2ccc(C)cc2)C(O)C(=O)[O-])cc1.[Zn+2]. The molecule has 0 bridgehead atoms. The molecule has 0 heterocycles. The number of hydrogen-bond donors (Lipinski definition) is 1. The maximum atomic E-state index is 12.8. The van der Waals surface area contributed by atoms with Gasteiger partial charge in [-0.3, -0.25) is 4.79 Å². The summed E-state index contributed by atoms with van der Waals surface area (Å²) in [6.45, 7) is 3.44. The second-order valence-electron chi connectivity index (χ2n) is 6.20. The maximum absolute atomic E-state index is 12.8. The van der Waals surface area contributed by atoms with Crippen molar-refractivity contribution < 1.29 is 58.7 Å². The van der Waals surface area contributed by atoms with Crippen molar-refractivity contribution in [3.8, 4) is 0 Å². The quantitative estimate of drug-likeness (QED) is 0.244. The molecule has 8 nitrogen and oxygen atoms in total. The van der Waals surface area contributed by atoms with Crippen molar-refractivity contribution in [1.82, 2.24) is 0 Å². The van der Waals surface area contributed by atoms with Crippen LogP contribution in [0.3, 0.4) is 0 Å². The van der Waals surface area contributed by atoms with Gasteiger partial charge in [-0.2, -0.15) is 0 Å². The molecule has 0 spiro atoms. The summed E-state index contributed by atoms with van der Waals surface area (Å²) in [7, 11) is 0. The van der Waals surface area contributed by atoms with E-state index in [0.29, 0.717) is 0 Å². The maximum Gasteiger partial charge on any atom is 2.00 e. The first-order chi connectivity index (χ1) is 13.1. The molecule has 0 saturated heterocycles. The Morgan fingerprint density at radius 1 is 0.862 bits per heavy atom. The number of aliphatic carboxylic acids is 2. The van der Waals surface area contributed by atoms with Gasteiger partial charge in [0.15, 0.2) is 0 Å². The van der Waals surface area contributed by atoms with Gasteiger partial charge in [-0.25, -0.2) is 4.79 Å². The van der Waals surface area contributed by atoms with Crippen molar-refractivity contribution in [2.45, 2.75) is 25.6 Å². The third-order valence-electron chi connectivity index (χ3n) is 4.10. The van der Waals surface area contributed by atoms with Gasteiger partial charge < -0.3 is 29.6 Å². The van der Waals surface area contributed by atoms with Crippen molar-refractivity contribution in [3.05, 3.63) is 70.8 Å². The Labute approximate surface area is 178 Å². The van der Waals surface area contributed by atoms with Crippen LogP contribution >= 0.6 is 0 Å². The summed E-state index contributed by atoms with van der Waals surface area (Å²) >= 11 is 0. The molecule has 2 unspecified atom stereocenters. The first-order valence-electron chi connectivity index (χ1n) is 8.11. The first kappa shape index (κ1) is 24.1. The summed E-state index contributed by atoms with van der Waals surface area (Å²) in [6, 6.07) is 11.0. The Hall–Kier alpha value is -2.90. The monoisotopic (exact) mass is 448 g/mol. The summed E-state index contributed by atoms with van der Waals surface area (Å²) in [5.41, 5.74) is -2.47. The molecule has 146 valence electrons. The molecule has 2 atom stereocenters. The van der Waals surface area contributed by atoms with Crippen molar-refractivity contribution in [3.63, 3.8) is 0 Å². The van der Waals surface area contributed by atoms with Crippen LogP contribution < -0.4 is 10.2 Å². The van der Waals surface area contributed by atoms with Gasteiger partial charge in [0.25, 0.3) is 0 Å². The van der Waals surface area contributed by atoms with E-state index < -0.39 is 35.4 Å². The van der Waals surface area contributed by atoms with Crippen molar-refractivity contribution in [2.24, 2.45) is 0 Å². The van der Waals surface area contributed by atoms with E-state index in [1.54, 1.807) is 13.8 Å². The minimum absolute atomic E-state index is 0. The van der Waals surface area contributed by atoms with Gasteiger partial charge in [0.05, 0.1) is 17.5 Å². The number of benzene rings is 2. The van der Waals surface area contributed by atoms with Crippen LogP contribution in [0.25, 0.3) is 0 Å². The molecule has 0 aliphatic rings. The molecular formula is C20H16O8Zn. The van der Waals surface area contributed by atoms with Gasteiger partial charge in [0.2, 0.25) is 11.4 Å². The van der Waals surface area contributed by atoms with Gasteiger partial charge in [-0.15, -0.1) is 0 Å². The largest absolute Gasteiger partial charge is 2.00 e. The van der Waals surface area contributed by atoms with E-state index >= 15 is 0 Å². The van der Waals surface area contributed by atoms with Crippen LogP contribution in [0, 0.1) is 13.8 Å². The molecular weight excluding hydrogens is 434 g/mol.